The third-order valence-electron chi connectivity index (χ3n) is 7.29. The van der Waals surface area contributed by atoms with Gasteiger partial charge in [-0.15, -0.1) is 0 Å². The minimum atomic E-state index is -0.0217. The Hall–Kier alpha value is -4.52. The van der Waals surface area contributed by atoms with Crippen molar-refractivity contribution in [1.29, 1.82) is 0 Å². The standard InChI is InChI=1S/C30H28N6O/c1-18-11-23(7-6-22(18)12-21-5-10-28-27(13-21)33-17-35(28)4)34-29-25-14-24(8-9-26(25)31-16-32-29)36-15-19(2)20(3)30(36)37/h5-11,13-14,16-17,19H,3,12,15H2,1-2,4H3,(H,31,32,34). The third-order valence-corrected chi connectivity index (χ3v) is 7.29. The van der Waals surface area contributed by atoms with E-state index in [2.05, 4.69) is 70.2 Å². The van der Waals surface area contributed by atoms with Crippen LogP contribution in [0.4, 0.5) is 17.2 Å². The average molecular weight is 489 g/mol. The Morgan fingerprint density at radius 2 is 1.89 bits per heavy atom. The Kier molecular flexibility index (Phi) is 5.48. The molecule has 3 aromatic carbocycles. The second-order valence-electron chi connectivity index (χ2n) is 9.89. The van der Waals surface area contributed by atoms with Crippen molar-refractivity contribution in [3.8, 4) is 0 Å². The zero-order valence-electron chi connectivity index (χ0n) is 21.2. The first-order valence-electron chi connectivity index (χ1n) is 12.4. The van der Waals surface area contributed by atoms with Gasteiger partial charge in [-0.2, -0.15) is 0 Å². The molecule has 0 saturated carbocycles. The van der Waals surface area contributed by atoms with E-state index >= 15 is 0 Å². The van der Waals surface area contributed by atoms with Crippen LogP contribution in [0, 0.1) is 12.8 Å². The maximum atomic E-state index is 12.7. The van der Waals surface area contributed by atoms with Gasteiger partial charge < -0.3 is 14.8 Å². The lowest BCUT2D eigenvalue weighted by Gasteiger charge is -2.17. The molecule has 1 N–H and O–H groups in total. The number of nitrogens with zero attached hydrogens (tertiary/aromatic N) is 5. The van der Waals surface area contributed by atoms with Crippen LogP contribution in [0.25, 0.3) is 21.9 Å². The normalized spacial score (nSPS) is 15.8. The van der Waals surface area contributed by atoms with Crippen molar-refractivity contribution in [3.63, 3.8) is 0 Å². The van der Waals surface area contributed by atoms with Gasteiger partial charge in [0.1, 0.15) is 12.1 Å². The summed E-state index contributed by atoms with van der Waals surface area (Å²) in [5, 5.41) is 4.33. The summed E-state index contributed by atoms with van der Waals surface area (Å²) < 4.78 is 2.03. The smallest absolute Gasteiger partial charge is 0.253 e. The van der Waals surface area contributed by atoms with E-state index in [0.29, 0.717) is 17.9 Å². The number of imidazole rings is 1. The lowest BCUT2D eigenvalue weighted by molar-refractivity contribution is -0.114. The summed E-state index contributed by atoms with van der Waals surface area (Å²) in [6.45, 7) is 8.74. The molecule has 1 aliphatic rings. The Bertz CT molecular complexity index is 1700. The van der Waals surface area contributed by atoms with E-state index in [1.165, 1.54) is 16.7 Å². The van der Waals surface area contributed by atoms with Crippen molar-refractivity contribution in [3.05, 3.63) is 96.1 Å². The number of aryl methyl sites for hydroxylation is 2. The van der Waals surface area contributed by atoms with Gasteiger partial charge in [0.2, 0.25) is 0 Å². The molecule has 1 amide bonds. The molecule has 0 spiro atoms. The molecule has 7 nitrogen and oxygen atoms in total. The van der Waals surface area contributed by atoms with Crippen LogP contribution in [0.15, 0.2) is 79.4 Å². The van der Waals surface area contributed by atoms with Gasteiger partial charge in [-0.05, 0) is 72.5 Å². The van der Waals surface area contributed by atoms with E-state index in [0.717, 1.165) is 39.7 Å². The first-order valence-corrected chi connectivity index (χ1v) is 12.4. The number of fused-ring (bicyclic) bond motifs is 2. The lowest BCUT2D eigenvalue weighted by atomic mass is 9.99. The Labute approximate surface area is 215 Å². The topological polar surface area (TPSA) is 75.9 Å². The molecular weight excluding hydrogens is 460 g/mol. The predicted octanol–water partition coefficient (Wildman–Crippen LogP) is 5.70. The van der Waals surface area contributed by atoms with Gasteiger partial charge in [-0.3, -0.25) is 4.79 Å². The first-order chi connectivity index (χ1) is 17.9. The van der Waals surface area contributed by atoms with Gasteiger partial charge in [0, 0.05) is 41.8 Å². The summed E-state index contributed by atoms with van der Waals surface area (Å²) in [6.07, 6.45) is 4.25. The van der Waals surface area contributed by atoms with Gasteiger partial charge >= 0.3 is 0 Å². The van der Waals surface area contributed by atoms with E-state index in [1.54, 1.807) is 11.2 Å². The number of nitrogens with one attached hydrogen (secondary N) is 1. The predicted molar refractivity (Wildman–Crippen MR) is 148 cm³/mol. The number of benzene rings is 3. The zero-order chi connectivity index (χ0) is 25.7. The number of amides is 1. The molecule has 5 aromatic rings. The van der Waals surface area contributed by atoms with Crippen LogP contribution >= 0.6 is 0 Å². The summed E-state index contributed by atoms with van der Waals surface area (Å²) in [4.78, 5) is 27.9. The van der Waals surface area contributed by atoms with Crippen molar-refractivity contribution in [2.45, 2.75) is 20.3 Å². The van der Waals surface area contributed by atoms with Crippen molar-refractivity contribution >= 4 is 45.0 Å². The molecule has 0 aliphatic carbocycles. The van der Waals surface area contributed by atoms with Crippen molar-refractivity contribution in [1.82, 2.24) is 19.5 Å². The van der Waals surface area contributed by atoms with Gasteiger partial charge in [-0.1, -0.05) is 25.6 Å². The molecule has 3 heterocycles. The molecular formula is C30H28N6O. The van der Waals surface area contributed by atoms with Gasteiger partial charge in [0.05, 0.1) is 22.9 Å². The third kappa shape index (κ3) is 4.12. The van der Waals surface area contributed by atoms with Crippen molar-refractivity contribution < 1.29 is 4.79 Å². The fourth-order valence-corrected chi connectivity index (χ4v) is 5.01. The summed E-state index contributed by atoms with van der Waals surface area (Å²) in [5.41, 5.74) is 9.09. The van der Waals surface area contributed by atoms with Crippen molar-refractivity contribution in [2.75, 3.05) is 16.8 Å². The second kappa shape index (κ2) is 8.85. The van der Waals surface area contributed by atoms with E-state index in [1.807, 2.05) is 43.1 Å². The van der Waals surface area contributed by atoms with Crippen molar-refractivity contribution in [2.24, 2.45) is 13.0 Å². The molecule has 1 unspecified atom stereocenters. The first kappa shape index (κ1) is 22.9. The van der Waals surface area contributed by atoms with Crippen LogP contribution in [0.1, 0.15) is 23.6 Å². The molecule has 0 bridgehead atoms. The van der Waals surface area contributed by atoms with Crippen LogP contribution in [-0.2, 0) is 18.3 Å². The number of rotatable bonds is 5. The van der Waals surface area contributed by atoms with Crippen LogP contribution in [0.2, 0.25) is 0 Å². The quantitative estimate of drug-likeness (QED) is 0.321. The van der Waals surface area contributed by atoms with Gasteiger partial charge in [-0.25, -0.2) is 15.0 Å². The van der Waals surface area contributed by atoms with E-state index in [-0.39, 0.29) is 11.8 Å². The summed E-state index contributed by atoms with van der Waals surface area (Å²) >= 11 is 0. The minimum Gasteiger partial charge on any atom is -0.340 e. The number of hydrogen-bond donors (Lipinski definition) is 1. The molecule has 7 heteroatoms. The highest BCUT2D eigenvalue weighted by atomic mass is 16.2. The minimum absolute atomic E-state index is 0.0217. The fraction of sp³-hybridized carbons (Fsp3) is 0.200. The molecule has 2 aromatic heterocycles. The van der Waals surface area contributed by atoms with Crippen LogP contribution in [0.3, 0.4) is 0 Å². The largest absolute Gasteiger partial charge is 0.340 e. The van der Waals surface area contributed by atoms with Crippen LogP contribution in [-0.4, -0.2) is 32.0 Å². The second-order valence-corrected chi connectivity index (χ2v) is 9.89. The van der Waals surface area contributed by atoms with E-state index in [9.17, 15) is 4.79 Å². The number of carbonyl (C=O) groups excluding carboxylic acids is 1. The molecule has 37 heavy (non-hydrogen) atoms. The number of aromatic nitrogens is 4. The molecule has 1 atom stereocenters. The van der Waals surface area contributed by atoms with Crippen LogP contribution in [0.5, 0.6) is 0 Å². The average Bonchev–Trinajstić information content (AvgIpc) is 3.39. The molecule has 6 rings (SSSR count). The lowest BCUT2D eigenvalue weighted by Crippen LogP contribution is -2.24. The number of carbonyl (C=O) groups is 1. The Morgan fingerprint density at radius 1 is 1.03 bits per heavy atom. The molecule has 0 radical (unpaired) electrons. The molecule has 184 valence electrons. The monoisotopic (exact) mass is 488 g/mol. The fourth-order valence-electron chi connectivity index (χ4n) is 5.01. The van der Waals surface area contributed by atoms with E-state index < -0.39 is 0 Å². The Morgan fingerprint density at radius 3 is 2.68 bits per heavy atom. The van der Waals surface area contributed by atoms with Crippen LogP contribution < -0.4 is 10.2 Å². The summed E-state index contributed by atoms with van der Waals surface area (Å²) in [6, 6.07) is 18.7. The summed E-state index contributed by atoms with van der Waals surface area (Å²) in [5.74, 6) is 0.824. The zero-order valence-corrected chi connectivity index (χ0v) is 21.2. The molecule has 1 saturated heterocycles. The Balaban J connectivity index is 1.26. The highest BCUT2D eigenvalue weighted by Gasteiger charge is 2.31. The molecule has 1 aliphatic heterocycles. The van der Waals surface area contributed by atoms with Gasteiger partial charge in [0.25, 0.3) is 5.91 Å². The maximum Gasteiger partial charge on any atom is 0.253 e. The highest BCUT2D eigenvalue weighted by Crippen LogP contribution is 2.32. The number of hydrogen-bond acceptors (Lipinski definition) is 5. The maximum absolute atomic E-state index is 12.7. The van der Waals surface area contributed by atoms with Gasteiger partial charge in [0.15, 0.2) is 0 Å². The van der Waals surface area contributed by atoms with E-state index in [4.69, 9.17) is 0 Å². The SMILES string of the molecule is C=C1C(=O)N(c2ccc3ncnc(Nc4ccc(Cc5ccc6c(c5)ncn6C)c(C)c4)c3c2)CC1C. The highest BCUT2D eigenvalue weighted by molar-refractivity contribution is 6.09. The molecule has 1 fully saturated rings. The number of anilines is 3. The summed E-state index contributed by atoms with van der Waals surface area (Å²) in [7, 11) is 2.01.